The Morgan fingerprint density at radius 2 is 1.68 bits per heavy atom. The minimum absolute atomic E-state index is 0.0967. The van der Waals surface area contributed by atoms with Crippen LogP contribution in [0.25, 0.3) is 0 Å². The van der Waals surface area contributed by atoms with Crippen LogP contribution in [-0.4, -0.2) is 30.1 Å². The smallest absolute Gasteiger partial charge is 0.258 e. The lowest BCUT2D eigenvalue weighted by atomic mass is 10.2. The predicted molar refractivity (Wildman–Crippen MR) is 69.3 cm³/mol. The predicted octanol–water partition coefficient (Wildman–Crippen LogP) is 1.30. The van der Waals surface area contributed by atoms with Crippen molar-refractivity contribution in [3.63, 3.8) is 0 Å². The van der Waals surface area contributed by atoms with Crippen molar-refractivity contribution < 1.29 is 19.1 Å². The summed E-state index contributed by atoms with van der Waals surface area (Å²) in [6.45, 7) is -0.105. The maximum Gasteiger partial charge on any atom is 0.258 e. The van der Waals surface area contributed by atoms with Gasteiger partial charge in [0.2, 0.25) is 0 Å². The summed E-state index contributed by atoms with van der Waals surface area (Å²) in [5.74, 6) is -0.610. The summed E-state index contributed by atoms with van der Waals surface area (Å²) in [6, 6.07) is 6.30. The van der Waals surface area contributed by atoms with Crippen molar-refractivity contribution in [2.24, 2.45) is 0 Å². The third-order valence-corrected chi connectivity index (χ3v) is 2.75. The highest BCUT2D eigenvalue weighted by Gasteiger charge is 2.24. The average molecular weight is 280 g/mol. The lowest BCUT2D eigenvalue weighted by Crippen LogP contribution is -2.29. The maximum absolute atomic E-state index is 11.5. The largest absolute Gasteiger partial charge is 0.486 e. The first-order chi connectivity index (χ1) is 9.11. The standard InChI is InChI=1S/C13H10ClNO4/c14-7-10(16)8-19-11-3-1-9(2-4-11)15-12(17)5-6-13(15)18/h1-6H,7-8H2. The van der Waals surface area contributed by atoms with Gasteiger partial charge in [0.25, 0.3) is 11.8 Å². The summed E-state index contributed by atoms with van der Waals surface area (Å²) in [5, 5.41) is 0. The molecular formula is C13H10ClNO4. The number of hydrogen-bond acceptors (Lipinski definition) is 4. The molecule has 0 atom stereocenters. The zero-order chi connectivity index (χ0) is 13.8. The Kier molecular flexibility index (Phi) is 3.97. The van der Waals surface area contributed by atoms with Crippen LogP contribution in [0, 0.1) is 0 Å². The molecule has 0 spiro atoms. The molecule has 2 amide bonds. The molecule has 0 aromatic heterocycles. The maximum atomic E-state index is 11.5. The first-order valence-electron chi connectivity index (χ1n) is 5.48. The fourth-order valence-electron chi connectivity index (χ4n) is 1.55. The topological polar surface area (TPSA) is 63.7 Å². The van der Waals surface area contributed by atoms with E-state index < -0.39 is 0 Å². The van der Waals surface area contributed by atoms with Crippen LogP contribution >= 0.6 is 11.6 Å². The number of ether oxygens (including phenoxy) is 1. The van der Waals surface area contributed by atoms with Crippen molar-refractivity contribution in [2.75, 3.05) is 17.4 Å². The normalized spacial score (nSPS) is 14.1. The molecule has 0 bridgehead atoms. The van der Waals surface area contributed by atoms with Crippen LogP contribution in [0.15, 0.2) is 36.4 Å². The highest BCUT2D eigenvalue weighted by molar-refractivity contribution is 6.28. The Hall–Kier alpha value is -2.14. The van der Waals surface area contributed by atoms with Gasteiger partial charge in [0.05, 0.1) is 11.6 Å². The Morgan fingerprint density at radius 1 is 1.11 bits per heavy atom. The molecule has 0 N–H and O–H groups in total. The van der Waals surface area contributed by atoms with E-state index in [1.54, 1.807) is 24.3 Å². The Bertz CT molecular complexity index is 532. The number of Topliss-reactive ketones (excluding diaryl/α,β-unsaturated/α-hetero) is 1. The molecule has 0 saturated carbocycles. The minimum atomic E-state index is -0.379. The van der Waals surface area contributed by atoms with E-state index in [0.29, 0.717) is 11.4 Å². The third kappa shape index (κ3) is 3.00. The number of rotatable bonds is 5. The molecule has 1 aliphatic heterocycles. The Morgan fingerprint density at radius 3 is 2.21 bits per heavy atom. The van der Waals surface area contributed by atoms with Crippen molar-refractivity contribution in [1.82, 2.24) is 0 Å². The second kappa shape index (κ2) is 5.67. The molecule has 2 rings (SSSR count). The van der Waals surface area contributed by atoms with Crippen molar-refractivity contribution in [3.05, 3.63) is 36.4 Å². The summed E-state index contributed by atoms with van der Waals surface area (Å²) >= 11 is 5.34. The van der Waals surface area contributed by atoms with Crippen LogP contribution in [-0.2, 0) is 14.4 Å². The van der Waals surface area contributed by atoms with Gasteiger partial charge in [-0.25, -0.2) is 4.90 Å². The number of ketones is 1. The number of benzene rings is 1. The molecule has 0 aliphatic carbocycles. The van der Waals surface area contributed by atoms with Gasteiger partial charge in [0, 0.05) is 12.2 Å². The lowest BCUT2D eigenvalue weighted by Gasteiger charge is -2.14. The molecule has 1 heterocycles. The van der Waals surface area contributed by atoms with E-state index in [0.717, 1.165) is 4.90 Å². The minimum Gasteiger partial charge on any atom is -0.486 e. The highest BCUT2D eigenvalue weighted by atomic mass is 35.5. The van der Waals surface area contributed by atoms with Crippen LogP contribution < -0.4 is 9.64 Å². The summed E-state index contributed by atoms with van der Waals surface area (Å²) in [4.78, 5) is 34.9. The monoisotopic (exact) mass is 279 g/mol. The number of alkyl halides is 1. The fraction of sp³-hybridized carbons (Fsp3) is 0.154. The van der Waals surface area contributed by atoms with E-state index in [1.807, 2.05) is 0 Å². The molecule has 1 aromatic carbocycles. The van der Waals surface area contributed by atoms with Crippen molar-refractivity contribution in [3.8, 4) is 5.75 Å². The van der Waals surface area contributed by atoms with Crippen LogP contribution in [0.3, 0.4) is 0 Å². The molecule has 0 unspecified atom stereocenters. The van der Waals surface area contributed by atoms with Gasteiger partial charge in [-0.3, -0.25) is 14.4 Å². The first-order valence-corrected chi connectivity index (χ1v) is 6.02. The summed E-state index contributed by atoms with van der Waals surface area (Å²) in [6.07, 6.45) is 2.43. The van der Waals surface area contributed by atoms with E-state index in [4.69, 9.17) is 16.3 Å². The molecule has 0 fully saturated rings. The number of anilines is 1. The van der Waals surface area contributed by atoms with E-state index in [1.165, 1.54) is 12.2 Å². The second-order valence-corrected chi connectivity index (χ2v) is 4.07. The molecule has 0 saturated heterocycles. The number of nitrogens with zero attached hydrogens (tertiary/aromatic N) is 1. The van der Waals surface area contributed by atoms with Gasteiger partial charge in [-0.15, -0.1) is 11.6 Å². The van der Waals surface area contributed by atoms with Crippen LogP contribution in [0.2, 0.25) is 0 Å². The number of hydrogen-bond donors (Lipinski definition) is 0. The van der Waals surface area contributed by atoms with E-state index in [9.17, 15) is 14.4 Å². The number of carbonyl (C=O) groups excluding carboxylic acids is 3. The SMILES string of the molecule is O=C(CCl)COc1ccc(N2C(=O)C=CC2=O)cc1. The zero-order valence-corrected chi connectivity index (χ0v) is 10.6. The fourth-order valence-corrected chi connectivity index (χ4v) is 1.63. The molecule has 19 heavy (non-hydrogen) atoms. The molecular weight excluding hydrogens is 270 g/mol. The Balaban J connectivity index is 2.04. The average Bonchev–Trinajstić information content (AvgIpc) is 2.76. The number of amides is 2. The van der Waals surface area contributed by atoms with Crippen LogP contribution in [0.5, 0.6) is 5.75 Å². The second-order valence-electron chi connectivity index (χ2n) is 3.80. The molecule has 98 valence electrons. The summed E-state index contributed by atoms with van der Waals surface area (Å²) in [7, 11) is 0. The van der Waals surface area contributed by atoms with Gasteiger partial charge in [0.1, 0.15) is 12.4 Å². The quantitative estimate of drug-likeness (QED) is 0.602. The van der Waals surface area contributed by atoms with Crippen LogP contribution in [0.1, 0.15) is 0 Å². The van der Waals surface area contributed by atoms with Crippen LogP contribution in [0.4, 0.5) is 5.69 Å². The van der Waals surface area contributed by atoms with Gasteiger partial charge in [-0.05, 0) is 24.3 Å². The van der Waals surface area contributed by atoms with Gasteiger partial charge >= 0.3 is 0 Å². The van der Waals surface area contributed by atoms with Gasteiger partial charge in [-0.2, -0.15) is 0 Å². The summed E-state index contributed by atoms with van der Waals surface area (Å²) < 4.78 is 5.19. The van der Waals surface area contributed by atoms with Crippen molar-refractivity contribution in [2.45, 2.75) is 0 Å². The number of halogens is 1. The van der Waals surface area contributed by atoms with E-state index in [2.05, 4.69) is 0 Å². The van der Waals surface area contributed by atoms with Gasteiger partial charge < -0.3 is 4.74 Å². The number of carbonyl (C=O) groups is 3. The summed E-state index contributed by atoms with van der Waals surface area (Å²) in [5.41, 5.74) is 0.455. The van der Waals surface area contributed by atoms with Gasteiger partial charge in [-0.1, -0.05) is 0 Å². The third-order valence-electron chi connectivity index (χ3n) is 2.45. The Labute approximate surface area is 114 Å². The van der Waals surface area contributed by atoms with E-state index in [-0.39, 0.29) is 30.1 Å². The zero-order valence-electron chi connectivity index (χ0n) is 9.84. The highest BCUT2D eigenvalue weighted by Crippen LogP contribution is 2.22. The molecule has 1 aromatic rings. The number of imide groups is 1. The molecule has 0 radical (unpaired) electrons. The van der Waals surface area contributed by atoms with Crippen molar-refractivity contribution in [1.29, 1.82) is 0 Å². The van der Waals surface area contributed by atoms with Gasteiger partial charge in [0.15, 0.2) is 5.78 Å². The van der Waals surface area contributed by atoms with E-state index >= 15 is 0 Å². The molecule has 6 heteroatoms. The lowest BCUT2D eigenvalue weighted by molar-refractivity contribution is -0.120. The molecule has 1 aliphatic rings. The first kappa shape index (κ1) is 13.3. The van der Waals surface area contributed by atoms with Crippen molar-refractivity contribution >= 4 is 34.9 Å². The molecule has 5 nitrogen and oxygen atoms in total.